The number of oxime groups is 1. The van der Waals surface area contributed by atoms with Gasteiger partial charge in [0.15, 0.2) is 0 Å². The number of carbonyl (C=O) groups excluding carboxylic acids is 1. The fourth-order valence-corrected chi connectivity index (χ4v) is 2.60. The van der Waals surface area contributed by atoms with Crippen molar-refractivity contribution < 1.29 is 9.63 Å². The van der Waals surface area contributed by atoms with Gasteiger partial charge in [0.2, 0.25) is 0 Å². The largest absolute Gasteiger partial charge is 0.390 e. The second-order valence-electron chi connectivity index (χ2n) is 5.51. The second-order valence-corrected chi connectivity index (χ2v) is 6.33. The zero-order valence-electron chi connectivity index (χ0n) is 13.3. The van der Waals surface area contributed by atoms with Crippen LogP contribution < -0.4 is 0 Å². The van der Waals surface area contributed by atoms with Crippen molar-refractivity contribution in [1.82, 2.24) is 14.8 Å². The molecule has 0 unspecified atom stereocenters. The summed E-state index contributed by atoms with van der Waals surface area (Å²) in [5, 5.41) is 4.97. The number of carbonyl (C=O) groups is 1. The molecule has 0 atom stereocenters. The normalized spacial score (nSPS) is 14.6. The van der Waals surface area contributed by atoms with Gasteiger partial charge in [-0.3, -0.25) is 4.90 Å². The molecule has 130 valence electrons. The average molecular weight is 379 g/mol. The van der Waals surface area contributed by atoms with Gasteiger partial charge >= 0.3 is 6.03 Å². The SMILES string of the molecule is O=C1N(C=NOCc2ccc(Cl)cc2)CCN1Cc1ccc(Cl)nc1. The number of amides is 2. The van der Waals surface area contributed by atoms with Gasteiger partial charge in [0, 0.05) is 30.9 Å². The average Bonchev–Trinajstić information content (AvgIpc) is 2.95. The van der Waals surface area contributed by atoms with Gasteiger partial charge in [-0.1, -0.05) is 46.6 Å². The van der Waals surface area contributed by atoms with Gasteiger partial charge in [-0.25, -0.2) is 9.78 Å². The van der Waals surface area contributed by atoms with Crippen molar-refractivity contribution in [1.29, 1.82) is 0 Å². The van der Waals surface area contributed by atoms with E-state index in [4.69, 9.17) is 28.0 Å². The third kappa shape index (κ3) is 4.84. The molecule has 1 aromatic heterocycles. The van der Waals surface area contributed by atoms with Crippen molar-refractivity contribution in [2.75, 3.05) is 13.1 Å². The molecule has 1 fully saturated rings. The van der Waals surface area contributed by atoms with E-state index >= 15 is 0 Å². The Labute approximate surface area is 155 Å². The lowest BCUT2D eigenvalue weighted by Crippen LogP contribution is -2.30. The molecular weight excluding hydrogens is 363 g/mol. The lowest BCUT2D eigenvalue weighted by molar-refractivity contribution is 0.128. The molecule has 0 spiro atoms. The Morgan fingerprint density at radius 1 is 1.12 bits per heavy atom. The van der Waals surface area contributed by atoms with Crippen molar-refractivity contribution in [3.63, 3.8) is 0 Å². The van der Waals surface area contributed by atoms with Crippen LogP contribution >= 0.6 is 23.2 Å². The number of hydrogen-bond donors (Lipinski definition) is 0. The molecular formula is C17H16Cl2N4O2. The number of rotatable bonds is 6. The van der Waals surface area contributed by atoms with E-state index in [0.717, 1.165) is 11.1 Å². The lowest BCUT2D eigenvalue weighted by Gasteiger charge is -2.15. The molecule has 1 aromatic carbocycles. The van der Waals surface area contributed by atoms with Gasteiger partial charge in [-0.2, -0.15) is 0 Å². The van der Waals surface area contributed by atoms with Gasteiger partial charge in [0.1, 0.15) is 18.1 Å². The first kappa shape index (κ1) is 17.5. The van der Waals surface area contributed by atoms with Crippen molar-refractivity contribution in [2.24, 2.45) is 5.16 Å². The molecule has 0 N–H and O–H groups in total. The molecule has 25 heavy (non-hydrogen) atoms. The Balaban J connectivity index is 1.48. The van der Waals surface area contributed by atoms with E-state index in [2.05, 4.69) is 10.1 Å². The molecule has 8 heteroatoms. The van der Waals surface area contributed by atoms with Gasteiger partial charge in [-0.05, 0) is 29.3 Å². The zero-order valence-corrected chi connectivity index (χ0v) is 14.8. The highest BCUT2D eigenvalue weighted by Gasteiger charge is 2.27. The van der Waals surface area contributed by atoms with E-state index in [1.54, 1.807) is 29.3 Å². The molecule has 0 bridgehead atoms. The Kier molecular flexibility index (Phi) is 5.73. The first-order chi connectivity index (χ1) is 12.1. The highest BCUT2D eigenvalue weighted by Crippen LogP contribution is 2.14. The van der Waals surface area contributed by atoms with E-state index in [0.29, 0.717) is 36.4 Å². The van der Waals surface area contributed by atoms with Crippen LogP contribution in [0, 0.1) is 0 Å². The van der Waals surface area contributed by atoms with Crippen LogP contribution in [0.5, 0.6) is 0 Å². The maximum Gasteiger partial charge on any atom is 0.325 e. The number of pyridine rings is 1. The molecule has 2 aromatic rings. The summed E-state index contributed by atoms with van der Waals surface area (Å²) in [5.41, 5.74) is 1.88. The molecule has 6 nitrogen and oxygen atoms in total. The number of nitrogens with zero attached hydrogens (tertiary/aromatic N) is 4. The van der Waals surface area contributed by atoms with Crippen LogP contribution in [0.25, 0.3) is 0 Å². The number of benzene rings is 1. The summed E-state index contributed by atoms with van der Waals surface area (Å²) in [4.78, 5) is 24.8. The smallest absolute Gasteiger partial charge is 0.325 e. The Morgan fingerprint density at radius 2 is 1.88 bits per heavy atom. The minimum absolute atomic E-state index is 0.117. The second kappa shape index (κ2) is 8.18. The molecule has 0 aliphatic carbocycles. The third-order valence-electron chi connectivity index (χ3n) is 3.69. The highest BCUT2D eigenvalue weighted by molar-refractivity contribution is 6.30. The van der Waals surface area contributed by atoms with Gasteiger partial charge < -0.3 is 9.74 Å². The minimum atomic E-state index is -0.117. The summed E-state index contributed by atoms with van der Waals surface area (Å²) in [7, 11) is 0. The van der Waals surface area contributed by atoms with E-state index in [1.165, 1.54) is 11.2 Å². The number of halogens is 2. The Bertz CT molecular complexity index is 750. The summed E-state index contributed by atoms with van der Waals surface area (Å²) >= 11 is 11.6. The highest BCUT2D eigenvalue weighted by atomic mass is 35.5. The fourth-order valence-electron chi connectivity index (χ4n) is 2.36. The topological polar surface area (TPSA) is 58.0 Å². The first-order valence-corrected chi connectivity index (χ1v) is 8.43. The van der Waals surface area contributed by atoms with Crippen molar-refractivity contribution in [3.8, 4) is 0 Å². The van der Waals surface area contributed by atoms with Crippen LogP contribution in [0.4, 0.5) is 4.79 Å². The van der Waals surface area contributed by atoms with Crippen LogP contribution in [-0.4, -0.2) is 40.2 Å². The maximum absolute atomic E-state index is 12.3. The van der Waals surface area contributed by atoms with Crippen LogP contribution in [0.3, 0.4) is 0 Å². The van der Waals surface area contributed by atoms with E-state index < -0.39 is 0 Å². The van der Waals surface area contributed by atoms with Crippen LogP contribution in [0.1, 0.15) is 11.1 Å². The van der Waals surface area contributed by atoms with Crippen molar-refractivity contribution in [2.45, 2.75) is 13.2 Å². The van der Waals surface area contributed by atoms with Crippen LogP contribution in [0.15, 0.2) is 47.8 Å². The molecule has 2 heterocycles. The Morgan fingerprint density at radius 3 is 2.60 bits per heavy atom. The van der Waals surface area contributed by atoms with Crippen LogP contribution in [0.2, 0.25) is 10.2 Å². The van der Waals surface area contributed by atoms with Crippen molar-refractivity contribution >= 4 is 35.6 Å². The molecule has 1 saturated heterocycles. The first-order valence-electron chi connectivity index (χ1n) is 7.68. The summed E-state index contributed by atoms with van der Waals surface area (Å²) in [6.07, 6.45) is 3.08. The predicted octanol–water partition coefficient (Wildman–Crippen LogP) is 3.79. The molecule has 0 saturated carbocycles. The number of hydrogen-bond acceptors (Lipinski definition) is 4. The number of aromatic nitrogens is 1. The molecule has 2 amide bonds. The lowest BCUT2D eigenvalue weighted by atomic mass is 10.2. The van der Waals surface area contributed by atoms with E-state index in [1.807, 2.05) is 18.2 Å². The van der Waals surface area contributed by atoms with E-state index in [9.17, 15) is 4.79 Å². The summed E-state index contributed by atoms with van der Waals surface area (Å²) < 4.78 is 0. The quantitative estimate of drug-likeness (QED) is 0.332. The third-order valence-corrected chi connectivity index (χ3v) is 4.17. The maximum atomic E-state index is 12.3. The molecule has 3 rings (SSSR count). The minimum Gasteiger partial charge on any atom is -0.390 e. The Hall–Kier alpha value is -2.31. The summed E-state index contributed by atoms with van der Waals surface area (Å²) in [6.45, 7) is 1.98. The predicted molar refractivity (Wildman–Crippen MR) is 96.5 cm³/mol. The molecule has 1 aliphatic heterocycles. The van der Waals surface area contributed by atoms with Gasteiger partial charge in [-0.15, -0.1) is 0 Å². The zero-order chi connectivity index (χ0) is 17.6. The molecule has 1 aliphatic rings. The van der Waals surface area contributed by atoms with Crippen molar-refractivity contribution in [3.05, 3.63) is 63.9 Å². The monoisotopic (exact) mass is 378 g/mol. The van der Waals surface area contributed by atoms with Gasteiger partial charge in [0.05, 0.1) is 0 Å². The standard InChI is InChI=1S/C17H16Cl2N4O2/c18-15-4-1-13(2-5-15)11-25-21-12-23-8-7-22(17(23)24)10-14-3-6-16(19)20-9-14/h1-6,9,12H,7-8,10-11H2. The van der Waals surface area contributed by atoms with Crippen LogP contribution in [-0.2, 0) is 18.0 Å². The fraction of sp³-hybridized carbons (Fsp3) is 0.235. The van der Waals surface area contributed by atoms with Gasteiger partial charge in [0.25, 0.3) is 0 Å². The summed E-state index contributed by atoms with van der Waals surface area (Å²) in [6, 6.07) is 10.8. The number of urea groups is 1. The molecule has 0 radical (unpaired) electrons. The summed E-state index contributed by atoms with van der Waals surface area (Å²) in [5.74, 6) is 0. The van der Waals surface area contributed by atoms with E-state index in [-0.39, 0.29) is 6.03 Å².